The van der Waals surface area contributed by atoms with Crippen LogP contribution in [0.25, 0.3) is 0 Å². The summed E-state index contributed by atoms with van der Waals surface area (Å²) < 4.78 is 11.2. The van der Waals surface area contributed by atoms with Crippen molar-refractivity contribution in [3.63, 3.8) is 0 Å². The van der Waals surface area contributed by atoms with Crippen LogP contribution in [0.5, 0.6) is 11.5 Å². The summed E-state index contributed by atoms with van der Waals surface area (Å²) in [6, 6.07) is 15.9. The minimum absolute atomic E-state index is 0.676. The maximum Gasteiger partial charge on any atom is 0.119 e. The van der Waals surface area contributed by atoms with Gasteiger partial charge in [-0.1, -0.05) is 39.0 Å². The summed E-state index contributed by atoms with van der Waals surface area (Å²) in [7, 11) is 0. The fourth-order valence-electron chi connectivity index (χ4n) is 2.67. The highest BCUT2D eigenvalue weighted by atomic mass is 16.5. The summed E-state index contributed by atoms with van der Waals surface area (Å²) in [6.45, 7) is 5.70. The Balaban J connectivity index is 1.72. The second-order valence-corrected chi connectivity index (χ2v) is 6.37. The van der Waals surface area contributed by atoms with Crippen molar-refractivity contribution in [2.24, 2.45) is 4.99 Å². The van der Waals surface area contributed by atoms with Gasteiger partial charge in [-0.2, -0.15) is 0 Å². The van der Waals surface area contributed by atoms with E-state index >= 15 is 0 Å². The number of benzene rings is 2. The Bertz CT molecular complexity index is 632. The smallest absolute Gasteiger partial charge is 0.119 e. The number of unbranched alkanes of at least 4 members (excludes halogenated alkanes) is 5. The van der Waals surface area contributed by atoms with Gasteiger partial charge in [-0.3, -0.25) is 4.99 Å². The van der Waals surface area contributed by atoms with E-state index in [0.717, 1.165) is 35.8 Å². The van der Waals surface area contributed by atoms with Crippen molar-refractivity contribution in [1.29, 1.82) is 0 Å². The quantitative estimate of drug-likeness (QED) is 0.319. The first-order valence-corrected chi connectivity index (χ1v) is 9.81. The molecule has 2 aromatic rings. The molecule has 0 saturated heterocycles. The largest absolute Gasteiger partial charge is 0.494 e. The van der Waals surface area contributed by atoms with Gasteiger partial charge in [0.2, 0.25) is 0 Å². The van der Waals surface area contributed by atoms with E-state index < -0.39 is 0 Å². The van der Waals surface area contributed by atoms with Crippen LogP contribution in [0.15, 0.2) is 53.5 Å². The molecule has 3 nitrogen and oxygen atoms in total. The van der Waals surface area contributed by atoms with Gasteiger partial charge in [0.1, 0.15) is 11.5 Å². The van der Waals surface area contributed by atoms with Crippen molar-refractivity contribution >= 4 is 11.9 Å². The van der Waals surface area contributed by atoms with E-state index in [2.05, 4.69) is 11.9 Å². The third-order valence-corrected chi connectivity index (χ3v) is 4.16. The highest BCUT2D eigenvalue weighted by Crippen LogP contribution is 2.18. The number of rotatable bonds is 12. The van der Waals surface area contributed by atoms with Gasteiger partial charge in [-0.05, 0) is 67.4 Å². The topological polar surface area (TPSA) is 30.8 Å². The van der Waals surface area contributed by atoms with Crippen LogP contribution in [-0.2, 0) is 0 Å². The maximum atomic E-state index is 5.81. The summed E-state index contributed by atoms with van der Waals surface area (Å²) in [6.07, 6.45) is 9.56. The lowest BCUT2D eigenvalue weighted by Gasteiger charge is -2.06. The maximum absolute atomic E-state index is 5.81. The first-order chi connectivity index (χ1) is 12.8. The normalized spacial score (nSPS) is 11.0. The van der Waals surface area contributed by atoms with Crippen LogP contribution in [-0.4, -0.2) is 19.4 Å². The number of nitrogens with zero attached hydrogens (tertiary/aromatic N) is 1. The van der Waals surface area contributed by atoms with Crippen molar-refractivity contribution in [3.8, 4) is 11.5 Å². The molecule has 0 fully saturated rings. The molecular formula is C23H31NO2. The SMILES string of the molecule is CCCCCCCCOc1ccc(C=Nc2ccc(OCC)cc2)cc1. The Kier molecular flexibility index (Phi) is 9.34. The van der Waals surface area contributed by atoms with Crippen molar-refractivity contribution in [1.82, 2.24) is 0 Å². The van der Waals surface area contributed by atoms with Gasteiger partial charge in [0.15, 0.2) is 0 Å². The van der Waals surface area contributed by atoms with Gasteiger partial charge in [0.25, 0.3) is 0 Å². The molecule has 0 saturated carbocycles. The van der Waals surface area contributed by atoms with E-state index in [1.165, 1.54) is 32.1 Å². The molecule has 140 valence electrons. The predicted octanol–water partition coefficient (Wildman–Crippen LogP) is 6.58. The standard InChI is InChI=1S/C23H31NO2/c1-3-5-6-7-8-9-18-26-23-14-10-20(11-15-23)19-24-21-12-16-22(17-13-21)25-4-2/h10-17,19H,3-9,18H2,1-2H3. The summed E-state index contributed by atoms with van der Waals surface area (Å²) in [5, 5.41) is 0. The molecular weight excluding hydrogens is 322 g/mol. The third kappa shape index (κ3) is 7.73. The highest BCUT2D eigenvalue weighted by Gasteiger charge is 1.96. The Labute approximate surface area is 158 Å². The fourth-order valence-corrected chi connectivity index (χ4v) is 2.67. The van der Waals surface area contributed by atoms with Crippen molar-refractivity contribution in [2.45, 2.75) is 52.4 Å². The molecule has 0 radical (unpaired) electrons. The molecule has 2 rings (SSSR count). The molecule has 0 aliphatic carbocycles. The minimum Gasteiger partial charge on any atom is -0.494 e. The molecule has 0 spiro atoms. The fraction of sp³-hybridized carbons (Fsp3) is 0.435. The second-order valence-electron chi connectivity index (χ2n) is 6.37. The third-order valence-electron chi connectivity index (χ3n) is 4.16. The van der Waals surface area contributed by atoms with Gasteiger partial charge in [0.05, 0.1) is 18.9 Å². The Morgan fingerprint density at radius 1 is 0.731 bits per heavy atom. The van der Waals surface area contributed by atoms with E-state index in [-0.39, 0.29) is 0 Å². The summed E-state index contributed by atoms with van der Waals surface area (Å²) in [4.78, 5) is 4.50. The average Bonchev–Trinajstić information content (AvgIpc) is 2.68. The molecule has 0 N–H and O–H groups in total. The van der Waals surface area contributed by atoms with Gasteiger partial charge < -0.3 is 9.47 Å². The second kappa shape index (κ2) is 12.1. The van der Waals surface area contributed by atoms with Crippen LogP contribution in [0.1, 0.15) is 57.9 Å². The van der Waals surface area contributed by atoms with E-state index in [1.807, 2.05) is 61.7 Å². The highest BCUT2D eigenvalue weighted by molar-refractivity contribution is 5.82. The van der Waals surface area contributed by atoms with E-state index in [9.17, 15) is 0 Å². The lowest BCUT2D eigenvalue weighted by Crippen LogP contribution is -1.97. The lowest BCUT2D eigenvalue weighted by molar-refractivity contribution is 0.304. The first kappa shape index (κ1) is 20.0. The molecule has 0 heterocycles. The summed E-state index contributed by atoms with van der Waals surface area (Å²) >= 11 is 0. The van der Waals surface area contributed by atoms with E-state index in [4.69, 9.17) is 9.47 Å². The molecule has 0 aliphatic rings. The van der Waals surface area contributed by atoms with Crippen molar-refractivity contribution in [2.75, 3.05) is 13.2 Å². The number of aliphatic imine (C=N–C) groups is 1. The van der Waals surface area contributed by atoms with Crippen LogP contribution in [0, 0.1) is 0 Å². The van der Waals surface area contributed by atoms with Crippen LogP contribution in [0.3, 0.4) is 0 Å². The zero-order valence-electron chi connectivity index (χ0n) is 16.1. The van der Waals surface area contributed by atoms with Gasteiger partial charge >= 0.3 is 0 Å². The van der Waals surface area contributed by atoms with E-state index in [0.29, 0.717) is 6.61 Å². The predicted molar refractivity (Wildman–Crippen MR) is 110 cm³/mol. The average molecular weight is 354 g/mol. The number of ether oxygens (including phenoxy) is 2. The number of hydrogen-bond donors (Lipinski definition) is 0. The van der Waals surface area contributed by atoms with Crippen LogP contribution >= 0.6 is 0 Å². The first-order valence-electron chi connectivity index (χ1n) is 9.81. The lowest BCUT2D eigenvalue weighted by atomic mass is 10.1. The zero-order valence-corrected chi connectivity index (χ0v) is 16.1. The zero-order chi connectivity index (χ0) is 18.5. The molecule has 0 amide bonds. The molecule has 0 bridgehead atoms. The van der Waals surface area contributed by atoms with E-state index in [1.54, 1.807) is 0 Å². The van der Waals surface area contributed by atoms with Crippen LogP contribution in [0.2, 0.25) is 0 Å². The van der Waals surface area contributed by atoms with Crippen molar-refractivity contribution < 1.29 is 9.47 Å². The Morgan fingerprint density at radius 2 is 1.35 bits per heavy atom. The minimum atomic E-state index is 0.676. The summed E-state index contributed by atoms with van der Waals surface area (Å²) in [5.41, 5.74) is 1.97. The molecule has 0 unspecified atom stereocenters. The Hall–Kier alpha value is -2.29. The van der Waals surface area contributed by atoms with Gasteiger partial charge in [-0.25, -0.2) is 0 Å². The van der Waals surface area contributed by atoms with Crippen LogP contribution in [0.4, 0.5) is 5.69 Å². The molecule has 26 heavy (non-hydrogen) atoms. The van der Waals surface area contributed by atoms with Crippen LogP contribution < -0.4 is 9.47 Å². The van der Waals surface area contributed by atoms with Gasteiger partial charge in [-0.15, -0.1) is 0 Å². The monoisotopic (exact) mass is 353 g/mol. The molecule has 0 aliphatic heterocycles. The van der Waals surface area contributed by atoms with Crippen molar-refractivity contribution in [3.05, 3.63) is 54.1 Å². The summed E-state index contributed by atoms with van der Waals surface area (Å²) in [5.74, 6) is 1.80. The molecule has 2 aromatic carbocycles. The van der Waals surface area contributed by atoms with Gasteiger partial charge in [0, 0.05) is 6.21 Å². The Morgan fingerprint density at radius 3 is 2.04 bits per heavy atom. The molecule has 0 atom stereocenters. The molecule has 0 aromatic heterocycles. The number of hydrogen-bond acceptors (Lipinski definition) is 3. The molecule has 3 heteroatoms.